The highest BCUT2D eigenvalue weighted by Crippen LogP contribution is 2.24. The lowest BCUT2D eigenvalue weighted by Gasteiger charge is -2.08. The van der Waals surface area contributed by atoms with Gasteiger partial charge >= 0.3 is 0 Å². The van der Waals surface area contributed by atoms with Gasteiger partial charge in [0, 0.05) is 12.1 Å². The zero-order chi connectivity index (χ0) is 14.8. The van der Waals surface area contributed by atoms with Crippen LogP contribution in [0.2, 0.25) is 0 Å². The average Bonchev–Trinajstić information content (AvgIpc) is 2.84. The first kappa shape index (κ1) is 13.8. The van der Waals surface area contributed by atoms with E-state index in [9.17, 15) is 4.79 Å². The molecule has 3 nitrogen and oxygen atoms in total. The first-order valence-corrected chi connectivity index (χ1v) is 7.39. The molecule has 0 aliphatic carbocycles. The molecule has 0 atom stereocenters. The molecular weight excluding hydrogens is 260 g/mol. The normalized spacial score (nSPS) is 16.9. The second-order valence-corrected chi connectivity index (χ2v) is 5.98. The molecule has 1 fully saturated rings. The first-order valence-electron chi connectivity index (χ1n) is 7.39. The van der Waals surface area contributed by atoms with Crippen LogP contribution in [-0.4, -0.2) is 12.5 Å². The summed E-state index contributed by atoms with van der Waals surface area (Å²) in [5.41, 5.74) is 8.70. The molecular formula is C18H20N2O. The molecule has 0 radical (unpaired) electrons. The zero-order valence-corrected chi connectivity index (χ0v) is 12.4. The Labute approximate surface area is 125 Å². The molecule has 2 aromatic carbocycles. The van der Waals surface area contributed by atoms with Gasteiger partial charge in [-0.2, -0.15) is 0 Å². The van der Waals surface area contributed by atoms with E-state index < -0.39 is 0 Å². The second-order valence-electron chi connectivity index (χ2n) is 5.98. The van der Waals surface area contributed by atoms with E-state index >= 15 is 0 Å². The highest BCUT2D eigenvalue weighted by Gasteiger charge is 2.15. The van der Waals surface area contributed by atoms with Gasteiger partial charge in [0.05, 0.1) is 0 Å². The van der Waals surface area contributed by atoms with Crippen molar-refractivity contribution in [2.24, 2.45) is 5.92 Å². The Hall–Kier alpha value is -2.13. The molecule has 3 heteroatoms. The summed E-state index contributed by atoms with van der Waals surface area (Å²) >= 11 is 0. The number of nitrogens with one attached hydrogen (secondary N) is 2. The average molecular weight is 280 g/mol. The predicted molar refractivity (Wildman–Crippen MR) is 86.6 cm³/mol. The number of hydrogen-bond acceptors (Lipinski definition) is 2. The molecule has 2 N–H and O–H groups in total. The van der Waals surface area contributed by atoms with Crippen LogP contribution < -0.4 is 10.9 Å². The molecule has 21 heavy (non-hydrogen) atoms. The molecule has 1 heterocycles. The summed E-state index contributed by atoms with van der Waals surface area (Å²) in [6.45, 7) is 5.04. The fourth-order valence-corrected chi connectivity index (χ4v) is 2.77. The van der Waals surface area contributed by atoms with Crippen LogP contribution in [0, 0.1) is 5.92 Å². The molecule has 1 aliphatic rings. The van der Waals surface area contributed by atoms with Crippen LogP contribution in [0.25, 0.3) is 16.8 Å². The van der Waals surface area contributed by atoms with Crippen molar-refractivity contribution in [3.05, 3.63) is 53.1 Å². The Morgan fingerprint density at radius 3 is 2.81 bits per heavy atom. The van der Waals surface area contributed by atoms with E-state index in [0.29, 0.717) is 12.5 Å². The number of fused-ring (bicyclic) bond motifs is 1. The van der Waals surface area contributed by atoms with Gasteiger partial charge in [-0.25, -0.2) is 5.43 Å². The molecule has 0 spiro atoms. The van der Waals surface area contributed by atoms with Gasteiger partial charge in [0.1, 0.15) is 0 Å². The van der Waals surface area contributed by atoms with Gasteiger partial charge in [-0.3, -0.25) is 10.2 Å². The fraction of sp³-hybridized carbons (Fsp3) is 0.278. The largest absolute Gasteiger partial charge is 0.287 e. The highest BCUT2D eigenvalue weighted by atomic mass is 16.2. The van der Waals surface area contributed by atoms with E-state index in [0.717, 1.165) is 17.6 Å². The van der Waals surface area contributed by atoms with Crippen molar-refractivity contribution in [2.45, 2.75) is 20.3 Å². The minimum atomic E-state index is -0.0385. The lowest BCUT2D eigenvalue weighted by Crippen LogP contribution is -2.25. The van der Waals surface area contributed by atoms with Crippen molar-refractivity contribution in [3.8, 4) is 0 Å². The minimum Gasteiger partial charge on any atom is -0.287 e. The van der Waals surface area contributed by atoms with E-state index in [4.69, 9.17) is 0 Å². The van der Waals surface area contributed by atoms with Gasteiger partial charge in [0.25, 0.3) is 5.91 Å². The number of rotatable bonds is 3. The summed E-state index contributed by atoms with van der Waals surface area (Å²) < 4.78 is 0. The van der Waals surface area contributed by atoms with Crippen LogP contribution in [0.4, 0.5) is 0 Å². The van der Waals surface area contributed by atoms with Crippen LogP contribution in [0.15, 0.2) is 42.0 Å². The van der Waals surface area contributed by atoms with Crippen molar-refractivity contribution in [2.75, 3.05) is 6.54 Å². The maximum Gasteiger partial charge on any atom is 0.262 e. The Kier molecular flexibility index (Phi) is 3.76. The Bertz CT molecular complexity index is 716. The lowest BCUT2D eigenvalue weighted by atomic mass is 9.97. The molecule has 0 aromatic heterocycles. The molecule has 0 bridgehead atoms. The SMILES string of the molecule is CC(C)Cc1ccc2c(/C=C3\CNNC3=O)cccc2c1. The molecule has 0 saturated carbocycles. The summed E-state index contributed by atoms with van der Waals surface area (Å²) in [5.74, 6) is 0.615. The summed E-state index contributed by atoms with van der Waals surface area (Å²) in [4.78, 5) is 11.6. The van der Waals surface area contributed by atoms with Crippen molar-refractivity contribution in [1.29, 1.82) is 0 Å². The van der Waals surface area contributed by atoms with Gasteiger partial charge in [-0.05, 0) is 40.3 Å². The van der Waals surface area contributed by atoms with Crippen molar-refractivity contribution in [1.82, 2.24) is 10.9 Å². The number of carbonyl (C=O) groups is 1. The quantitative estimate of drug-likeness (QED) is 0.848. The smallest absolute Gasteiger partial charge is 0.262 e. The first-order chi connectivity index (χ1) is 10.1. The standard InChI is InChI=1S/C18H20N2O/c1-12(2)8-13-6-7-17-14(9-13)4-3-5-15(17)10-16-11-19-20-18(16)21/h3-7,9-10,12,19H,8,11H2,1-2H3,(H,20,21)/b16-10+. The molecule has 0 unspecified atom stereocenters. The van der Waals surface area contributed by atoms with Crippen LogP contribution in [0.1, 0.15) is 25.0 Å². The highest BCUT2D eigenvalue weighted by molar-refractivity contribution is 6.02. The maximum atomic E-state index is 11.6. The molecule has 108 valence electrons. The summed E-state index contributed by atoms with van der Waals surface area (Å²) in [5, 5.41) is 2.42. The topological polar surface area (TPSA) is 41.1 Å². The van der Waals surface area contributed by atoms with E-state index in [2.05, 4.69) is 55.0 Å². The lowest BCUT2D eigenvalue weighted by molar-refractivity contribution is -0.116. The number of benzene rings is 2. The number of amides is 1. The molecule has 1 amide bonds. The second kappa shape index (κ2) is 5.70. The predicted octanol–water partition coefficient (Wildman–Crippen LogP) is 3.06. The maximum absolute atomic E-state index is 11.6. The third-order valence-electron chi connectivity index (χ3n) is 3.72. The van der Waals surface area contributed by atoms with Crippen LogP contribution >= 0.6 is 0 Å². The summed E-state index contributed by atoms with van der Waals surface area (Å²) in [6.07, 6.45) is 3.06. The third-order valence-corrected chi connectivity index (χ3v) is 3.72. The monoisotopic (exact) mass is 280 g/mol. The minimum absolute atomic E-state index is 0.0385. The summed E-state index contributed by atoms with van der Waals surface area (Å²) in [6, 6.07) is 12.9. The molecule has 1 aliphatic heterocycles. The van der Waals surface area contributed by atoms with Crippen LogP contribution in [0.5, 0.6) is 0 Å². The molecule has 3 rings (SSSR count). The van der Waals surface area contributed by atoms with Crippen molar-refractivity contribution < 1.29 is 4.79 Å². The van der Waals surface area contributed by atoms with Gasteiger partial charge in [-0.15, -0.1) is 0 Å². The van der Waals surface area contributed by atoms with Crippen LogP contribution in [0.3, 0.4) is 0 Å². The van der Waals surface area contributed by atoms with E-state index in [1.165, 1.54) is 16.3 Å². The van der Waals surface area contributed by atoms with Crippen LogP contribution in [-0.2, 0) is 11.2 Å². The van der Waals surface area contributed by atoms with Crippen molar-refractivity contribution in [3.63, 3.8) is 0 Å². The Morgan fingerprint density at radius 1 is 1.24 bits per heavy atom. The van der Waals surface area contributed by atoms with Crippen molar-refractivity contribution >= 4 is 22.8 Å². The number of hydrogen-bond donors (Lipinski definition) is 2. The van der Waals surface area contributed by atoms with Gasteiger partial charge in [0.2, 0.25) is 0 Å². The van der Waals surface area contributed by atoms with E-state index in [1.54, 1.807) is 0 Å². The third kappa shape index (κ3) is 2.98. The summed E-state index contributed by atoms with van der Waals surface area (Å²) in [7, 11) is 0. The van der Waals surface area contributed by atoms with Gasteiger partial charge in [0.15, 0.2) is 0 Å². The van der Waals surface area contributed by atoms with E-state index in [1.807, 2.05) is 12.1 Å². The number of hydrazine groups is 1. The Morgan fingerprint density at radius 2 is 2.10 bits per heavy atom. The van der Waals surface area contributed by atoms with E-state index in [-0.39, 0.29) is 5.91 Å². The fourth-order valence-electron chi connectivity index (χ4n) is 2.77. The molecule has 2 aromatic rings. The zero-order valence-electron chi connectivity index (χ0n) is 12.4. The Balaban J connectivity index is 2.02. The number of carbonyl (C=O) groups excluding carboxylic acids is 1. The van der Waals surface area contributed by atoms with Gasteiger partial charge in [-0.1, -0.05) is 50.2 Å². The molecule has 1 saturated heterocycles. The van der Waals surface area contributed by atoms with Gasteiger partial charge < -0.3 is 0 Å².